The number of halogens is 3. The van der Waals surface area contributed by atoms with Crippen molar-refractivity contribution in [1.29, 1.82) is 0 Å². The molecule has 0 unspecified atom stereocenters. The lowest BCUT2D eigenvalue weighted by atomic mass is 10.1. The van der Waals surface area contributed by atoms with Gasteiger partial charge >= 0.3 is 12.3 Å². The van der Waals surface area contributed by atoms with E-state index in [0.717, 1.165) is 6.07 Å². The molecular weight excluding hydrogens is 239 g/mol. The first-order valence-corrected chi connectivity index (χ1v) is 4.67. The van der Waals surface area contributed by atoms with Gasteiger partial charge < -0.3 is 15.5 Å². The van der Waals surface area contributed by atoms with Crippen molar-refractivity contribution in [3.05, 3.63) is 29.3 Å². The summed E-state index contributed by atoms with van der Waals surface area (Å²) in [6.07, 6.45) is -5.90. The third-order valence-corrected chi connectivity index (χ3v) is 2.10. The standard InChI is InChI=1S/C10H10F3NO3/c11-10(12,13)7-3-1-2-6(8(7)15)4-5-14-9(16)17/h1-3,14-15H,4-5H2,(H,16,17). The van der Waals surface area contributed by atoms with Crippen molar-refractivity contribution in [2.24, 2.45) is 0 Å². The molecule has 0 aromatic heterocycles. The number of amides is 1. The Kier molecular flexibility index (Phi) is 3.82. The molecule has 3 N–H and O–H groups in total. The quantitative estimate of drug-likeness (QED) is 0.769. The minimum Gasteiger partial charge on any atom is -0.507 e. The van der Waals surface area contributed by atoms with Crippen LogP contribution in [0.1, 0.15) is 11.1 Å². The Morgan fingerprint density at radius 3 is 2.53 bits per heavy atom. The van der Waals surface area contributed by atoms with E-state index in [1.807, 2.05) is 5.32 Å². The van der Waals surface area contributed by atoms with Crippen molar-refractivity contribution in [2.75, 3.05) is 6.54 Å². The predicted molar refractivity (Wildman–Crippen MR) is 52.8 cm³/mol. The highest BCUT2D eigenvalue weighted by molar-refractivity contribution is 5.64. The fourth-order valence-corrected chi connectivity index (χ4v) is 1.33. The molecule has 0 bridgehead atoms. The molecular formula is C10H10F3NO3. The van der Waals surface area contributed by atoms with Gasteiger partial charge in [0.1, 0.15) is 5.75 Å². The SMILES string of the molecule is O=C(O)NCCc1cccc(C(F)(F)F)c1O. The summed E-state index contributed by atoms with van der Waals surface area (Å²) in [5.74, 6) is -0.854. The fourth-order valence-electron chi connectivity index (χ4n) is 1.33. The van der Waals surface area contributed by atoms with Crippen molar-refractivity contribution < 1.29 is 28.2 Å². The van der Waals surface area contributed by atoms with Gasteiger partial charge in [0.2, 0.25) is 0 Å². The van der Waals surface area contributed by atoms with Crippen LogP contribution in [0, 0.1) is 0 Å². The van der Waals surface area contributed by atoms with Gasteiger partial charge in [-0.15, -0.1) is 0 Å². The maximum absolute atomic E-state index is 12.4. The zero-order valence-corrected chi connectivity index (χ0v) is 8.58. The Bertz CT molecular complexity index is 418. The number of hydrogen-bond donors (Lipinski definition) is 3. The molecule has 0 saturated heterocycles. The number of nitrogens with one attached hydrogen (secondary N) is 1. The molecule has 0 radical (unpaired) electrons. The van der Waals surface area contributed by atoms with Crippen molar-refractivity contribution in [2.45, 2.75) is 12.6 Å². The molecule has 1 aromatic carbocycles. The third-order valence-electron chi connectivity index (χ3n) is 2.10. The summed E-state index contributed by atoms with van der Waals surface area (Å²) in [4.78, 5) is 10.1. The smallest absolute Gasteiger partial charge is 0.419 e. The third kappa shape index (κ3) is 3.54. The van der Waals surface area contributed by atoms with Gasteiger partial charge in [-0.2, -0.15) is 13.2 Å². The maximum Gasteiger partial charge on any atom is 0.419 e. The van der Waals surface area contributed by atoms with Crippen LogP contribution in [0.5, 0.6) is 5.75 Å². The Hall–Kier alpha value is -1.92. The van der Waals surface area contributed by atoms with Gasteiger partial charge in [0.25, 0.3) is 0 Å². The highest BCUT2D eigenvalue weighted by Crippen LogP contribution is 2.37. The average Bonchev–Trinajstić information content (AvgIpc) is 2.18. The maximum atomic E-state index is 12.4. The van der Waals surface area contributed by atoms with Crippen LogP contribution in [0.3, 0.4) is 0 Å². The van der Waals surface area contributed by atoms with E-state index < -0.39 is 23.6 Å². The lowest BCUT2D eigenvalue weighted by molar-refractivity contribution is -0.138. The molecule has 1 aromatic rings. The van der Waals surface area contributed by atoms with E-state index in [9.17, 15) is 23.1 Å². The molecule has 1 amide bonds. The summed E-state index contributed by atoms with van der Waals surface area (Å²) in [6, 6.07) is 3.25. The summed E-state index contributed by atoms with van der Waals surface area (Å²) in [5.41, 5.74) is -1.07. The molecule has 94 valence electrons. The number of benzene rings is 1. The highest BCUT2D eigenvalue weighted by Gasteiger charge is 2.34. The molecule has 4 nitrogen and oxygen atoms in total. The van der Waals surface area contributed by atoms with E-state index in [0.29, 0.717) is 0 Å². The van der Waals surface area contributed by atoms with Crippen molar-refractivity contribution in [3.8, 4) is 5.75 Å². The summed E-state index contributed by atoms with van der Waals surface area (Å²) >= 11 is 0. The lowest BCUT2D eigenvalue weighted by Gasteiger charge is -2.12. The van der Waals surface area contributed by atoms with Gasteiger partial charge in [-0.1, -0.05) is 12.1 Å². The first-order valence-electron chi connectivity index (χ1n) is 4.67. The van der Waals surface area contributed by atoms with Crippen LogP contribution < -0.4 is 5.32 Å². The molecule has 0 heterocycles. The Labute approximate surface area is 94.7 Å². The number of phenols is 1. The fraction of sp³-hybridized carbons (Fsp3) is 0.300. The van der Waals surface area contributed by atoms with Gasteiger partial charge in [0.15, 0.2) is 0 Å². The van der Waals surface area contributed by atoms with E-state index in [1.54, 1.807) is 0 Å². The molecule has 0 spiro atoms. The summed E-state index contributed by atoms with van der Waals surface area (Å²) < 4.78 is 37.2. The first kappa shape index (κ1) is 13.1. The molecule has 0 saturated carbocycles. The van der Waals surface area contributed by atoms with Crippen molar-refractivity contribution in [3.63, 3.8) is 0 Å². The van der Waals surface area contributed by atoms with Crippen molar-refractivity contribution in [1.82, 2.24) is 5.32 Å². The zero-order valence-electron chi connectivity index (χ0n) is 8.58. The molecule has 0 aliphatic rings. The second kappa shape index (κ2) is 4.94. The van der Waals surface area contributed by atoms with Crippen LogP contribution in [0.2, 0.25) is 0 Å². The molecule has 17 heavy (non-hydrogen) atoms. The van der Waals surface area contributed by atoms with Crippen molar-refractivity contribution >= 4 is 6.09 Å². The number of rotatable bonds is 3. The van der Waals surface area contributed by atoms with Gasteiger partial charge in [-0.3, -0.25) is 0 Å². The van der Waals surface area contributed by atoms with E-state index in [1.165, 1.54) is 12.1 Å². The van der Waals surface area contributed by atoms with Crippen LogP contribution >= 0.6 is 0 Å². The summed E-state index contributed by atoms with van der Waals surface area (Å²) in [7, 11) is 0. The number of alkyl halides is 3. The second-order valence-corrected chi connectivity index (χ2v) is 3.29. The minimum absolute atomic E-state index is 0.0119. The van der Waals surface area contributed by atoms with Gasteiger partial charge in [0, 0.05) is 6.54 Å². The summed E-state index contributed by atoms with van der Waals surface area (Å²) in [6.45, 7) is -0.0653. The Morgan fingerprint density at radius 1 is 1.35 bits per heavy atom. The van der Waals surface area contributed by atoms with Crippen LogP contribution in [0.4, 0.5) is 18.0 Å². The van der Waals surface area contributed by atoms with Crippen LogP contribution in [-0.2, 0) is 12.6 Å². The topological polar surface area (TPSA) is 69.6 Å². The Balaban J connectivity index is 2.84. The number of carbonyl (C=O) groups is 1. The number of hydrogen-bond acceptors (Lipinski definition) is 2. The molecule has 0 atom stereocenters. The number of para-hydroxylation sites is 1. The molecule has 0 aliphatic carbocycles. The molecule has 0 fully saturated rings. The van der Waals surface area contributed by atoms with Gasteiger partial charge in [-0.05, 0) is 18.1 Å². The largest absolute Gasteiger partial charge is 0.507 e. The normalized spacial score (nSPS) is 11.2. The predicted octanol–water partition coefficient (Wildman–Crippen LogP) is 2.22. The number of phenolic OH excluding ortho intramolecular Hbond substituents is 1. The second-order valence-electron chi connectivity index (χ2n) is 3.29. The van der Waals surface area contributed by atoms with Crippen LogP contribution in [0.25, 0.3) is 0 Å². The monoisotopic (exact) mass is 249 g/mol. The zero-order chi connectivity index (χ0) is 13.1. The van der Waals surface area contributed by atoms with Gasteiger partial charge in [0.05, 0.1) is 5.56 Å². The van der Waals surface area contributed by atoms with E-state index >= 15 is 0 Å². The van der Waals surface area contributed by atoms with E-state index in [-0.39, 0.29) is 18.5 Å². The highest BCUT2D eigenvalue weighted by atomic mass is 19.4. The molecule has 1 rings (SSSR count). The van der Waals surface area contributed by atoms with E-state index in [2.05, 4.69) is 0 Å². The number of aromatic hydroxyl groups is 1. The summed E-state index contributed by atoms with van der Waals surface area (Å²) in [5, 5.41) is 19.7. The molecule has 0 aliphatic heterocycles. The van der Waals surface area contributed by atoms with Crippen LogP contribution in [-0.4, -0.2) is 22.9 Å². The van der Waals surface area contributed by atoms with E-state index in [4.69, 9.17) is 5.11 Å². The Morgan fingerprint density at radius 2 is 2.00 bits per heavy atom. The average molecular weight is 249 g/mol. The first-order chi connectivity index (χ1) is 7.82. The van der Waals surface area contributed by atoms with Crippen LogP contribution in [0.15, 0.2) is 18.2 Å². The van der Waals surface area contributed by atoms with Gasteiger partial charge in [-0.25, -0.2) is 4.79 Å². The number of carboxylic acid groups (broad SMARTS) is 1. The lowest BCUT2D eigenvalue weighted by Crippen LogP contribution is -2.23. The minimum atomic E-state index is -4.62. The molecule has 7 heteroatoms.